The number of pyridine rings is 1. The Morgan fingerprint density at radius 1 is 1.43 bits per heavy atom. The van der Waals surface area contributed by atoms with Gasteiger partial charge in [0.25, 0.3) is 5.91 Å². The van der Waals surface area contributed by atoms with Crippen LogP contribution in [-0.2, 0) is 12.7 Å². The van der Waals surface area contributed by atoms with Crippen LogP contribution in [0.3, 0.4) is 0 Å². The molecule has 0 bridgehead atoms. The summed E-state index contributed by atoms with van der Waals surface area (Å²) in [5, 5.41) is 6.80. The SMILES string of the molecule is CCn1cc(Br)c(C(=O)N[C@H](C)c2ccc(C(F)(F)F)nc2)n1. The van der Waals surface area contributed by atoms with Crippen molar-refractivity contribution in [1.82, 2.24) is 20.1 Å². The second-order valence-electron chi connectivity index (χ2n) is 4.85. The molecule has 5 nitrogen and oxygen atoms in total. The number of carbonyl (C=O) groups is 1. The molecule has 0 saturated carbocycles. The number of amides is 1. The van der Waals surface area contributed by atoms with Crippen molar-refractivity contribution in [3.05, 3.63) is 46.0 Å². The van der Waals surface area contributed by atoms with Crippen LogP contribution in [-0.4, -0.2) is 20.7 Å². The average molecular weight is 391 g/mol. The number of carbonyl (C=O) groups excluding carboxylic acids is 1. The molecule has 0 saturated heterocycles. The van der Waals surface area contributed by atoms with Gasteiger partial charge in [-0.05, 0) is 41.4 Å². The van der Waals surface area contributed by atoms with Crippen LogP contribution in [0.1, 0.15) is 41.6 Å². The summed E-state index contributed by atoms with van der Waals surface area (Å²) in [5.74, 6) is -0.420. The van der Waals surface area contributed by atoms with Gasteiger partial charge in [0.2, 0.25) is 0 Å². The number of nitrogens with one attached hydrogen (secondary N) is 1. The second-order valence-corrected chi connectivity index (χ2v) is 5.71. The zero-order chi connectivity index (χ0) is 17.2. The number of nitrogens with zero attached hydrogens (tertiary/aromatic N) is 3. The Bertz CT molecular complexity index is 697. The Morgan fingerprint density at radius 2 is 2.13 bits per heavy atom. The number of aryl methyl sites for hydroxylation is 1. The molecule has 23 heavy (non-hydrogen) atoms. The lowest BCUT2D eigenvalue weighted by Crippen LogP contribution is -2.27. The fraction of sp³-hybridized carbons (Fsp3) is 0.357. The summed E-state index contributed by atoms with van der Waals surface area (Å²) in [4.78, 5) is 15.6. The van der Waals surface area contributed by atoms with Gasteiger partial charge in [-0.15, -0.1) is 0 Å². The third kappa shape index (κ3) is 4.10. The summed E-state index contributed by atoms with van der Waals surface area (Å²) in [6.45, 7) is 4.16. The van der Waals surface area contributed by atoms with Gasteiger partial charge in [0, 0.05) is 18.9 Å². The molecule has 124 valence electrons. The van der Waals surface area contributed by atoms with Crippen LogP contribution < -0.4 is 5.32 Å². The quantitative estimate of drug-likeness (QED) is 0.867. The van der Waals surface area contributed by atoms with Crippen LogP contribution in [0, 0.1) is 0 Å². The van der Waals surface area contributed by atoms with Crippen molar-refractivity contribution in [2.45, 2.75) is 32.6 Å². The first-order valence-electron chi connectivity index (χ1n) is 6.79. The minimum atomic E-state index is -4.48. The molecule has 0 spiro atoms. The first-order valence-corrected chi connectivity index (χ1v) is 7.58. The van der Waals surface area contributed by atoms with E-state index in [1.165, 1.54) is 6.07 Å². The fourth-order valence-electron chi connectivity index (χ4n) is 1.89. The second kappa shape index (κ2) is 6.69. The van der Waals surface area contributed by atoms with Gasteiger partial charge >= 0.3 is 6.18 Å². The first kappa shape index (κ1) is 17.5. The average Bonchev–Trinajstić information content (AvgIpc) is 2.87. The zero-order valence-corrected chi connectivity index (χ0v) is 13.9. The van der Waals surface area contributed by atoms with Crippen LogP contribution in [0.4, 0.5) is 13.2 Å². The molecular formula is C14H14BrF3N4O. The van der Waals surface area contributed by atoms with Crippen molar-refractivity contribution in [3.8, 4) is 0 Å². The highest BCUT2D eigenvalue weighted by Gasteiger charge is 2.32. The summed E-state index contributed by atoms with van der Waals surface area (Å²) in [6.07, 6.45) is -1.70. The lowest BCUT2D eigenvalue weighted by molar-refractivity contribution is -0.141. The molecule has 0 unspecified atom stereocenters. The highest BCUT2D eigenvalue weighted by atomic mass is 79.9. The number of alkyl halides is 3. The van der Waals surface area contributed by atoms with Crippen LogP contribution >= 0.6 is 15.9 Å². The van der Waals surface area contributed by atoms with Crippen molar-refractivity contribution >= 4 is 21.8 Å². The lowest BCUT2D eigenvalue weighted by Gasteiger charge is -2.14. The van der Waals surface area contributed by atoms with Crippen molar-refractivity contribution in [3.63, 3.8) is 0 Å². The number of aromatic nitrogens is 3. The normalized spacial score (nSPS) is 13.0. The minimum absolute atomic E-state index is 0.221. The predicted molar refractivity (Wildman–Crippen MR) is 80.7 cm³/mol. The predicted octanol–water partition coefficient (Wildman–Crippen LogP) is 3.57. The maximum Gasteiger partial charge on any atom is 0.433 e. The van der Waals surface area contributed by atoms with E-state index in [2.05, 4.69) is 31.3 Å². The molecule has 2 aromatic rings. The van der Waals surface area contributed by atoms with E-state index in [-0.39, 0.29) is 5.69 Å². The van der Waals surface area contributed by atoms with Crippen molar-refractivity contribution in [2.75, 3.05) is 0 Å². The first-order chi connectivity index (χ1) is 10.7. The van der Waals surface area contributed by atoms with Gasteiger partial charge in [0.1, 0.15) is 5.69 Å². The van der Waals surface area contributed by atoms with Crippen LogP contribution in [0.25, 0.3) is 0 Å². The Labute approximate surface area is 139 Å². The highest BCUT2D eigenvalue weighted by Crippen LogP contribution is 2.28. The smallest absolute Gasteiger partial charge is 0.344 e. The summed E-state index contributed by atoms with van der Waals surface area (Å²) in [7, 11) is 0. The van der Waals surface area contributed by atoms with E-state index in [0.29, 0.717) is 16.6 Å². The molecule has 0 aliphatic heterocycles. The van der Waals surface area contributed by atoms with Gasteiger partial charge < -0.3 is 5.32 Å². The van der Waals surface area contributed by atoms with E-state index < -0.39 is 23.8 Å². The fourth-order valence-corrected chi connectivity index (χ4v) is 2.39. The lowest BCUT2D eigenvalue weighted by atomic mass is 10.1. The molecular weight excluding hydrogens is 377 g/mol. The van der Waals surface area contributed by atoms with Gasteiger partial charge in [0.15, 0.2) is 5.69 Å². The van der Waals surface area contributed by atoms with Crippen LogP contribution in [0.15, 0.2) is 29.0 Å². The minimum Gasteiger partial charge on any atom is -0.344 e. The topological polar surface area (TPSA) is 59.8 Å². The molecule has 9 heteroatoms. The summed E-state index contributed by atoms with van der Waals surface area (Å²) >= 11 is 3.25. The van der Waals surface area contributed by atoms with Crippen molar-refractivity contribution in [1.29, 1.82) is 0 Å². The van der Waals surface area contributed by atoms with Gasteiger partial charge in [0.05, 0.1) is 10.5 Å². The van der Waals surface area contributed by atoms with E-state index in [9.17, 15) is 18.0 Å². The Kier molecular flexibility index (Phi) is 5.08. The van der Waals surface area contributed by atoms with Crippen molar-refractivity contribution in [2.24, 2.45) is 0 Å². The maximum absolute atomic E-state index is 12.5. The molecule has 1 atom stereocenters. The van der Waals surface area contributed by atoms with E-state index in [4.69, 9.17) is 0 Å². The molecule has 2 rings (SSSR count). The number of halogens is 4. The van der Waals surface area contributed by atoms with Gasteiger partial charge in [-0.2, -0.15) is 18.3 Å². The van der Waals surface area contributed by atoms with E-state index in [0.717, 1.165) is 12.3 Å². The van der Waals surface area contributed by atoms with Crippen molar-refractivity contribution < 1.29 is 18.0 Å². The molecule has 0 aromatic carbocycles. The monoisotopic (exact) mass is 390 g/mol. The maximum atomic E-state index is 12.5. The molecule has 2 aromatic heterocycles. The Balaban J connectivity index is 2.10. The molecule has 0 aliphatic rings. The van der Waals surface area contributed by atoms with Crippen LogP contribution in [0.2, 0.25) is 0 Å². The summed E-state index contributed by atoms with van der Waals surface area (Å²) < 4.78 is 39.6. The number of rotatable bonds is 4. The molecule has 1 N–H and O–H groups in total. The summed E-state index contributed by atoms with van der Waals surface area (Å²) in [6, 6.07) is 1.68. The van der Waals surface area contributed by atoms with Gasteiger partial charge in [-0.25, -0.2) is 0 Å². The number of hydrogen-bond acceptors (Lipinski definition) is 3. The van der Waals surface area contributed by atoms with E-state index >= 15 is 0 Å². The highest BCUT2D eigenvalue weighted by molar-refractivity contribution is 9.10. The largest absolute Gasteiger partial charge is 0.433 e. The molecule has 0 radical (unpaired) electrons. The third-order valence-corrected chi connectivity index (χ3v) is 3.76. The molecule has 1 amide bonds. The summed E-state index contributed by atoms with van der Waals surface area (Å²) in [5.41, 5.74) is -0.278. The van der Waals surface area contributed by atoms with E-state index in [1.807, 2.05) is 6.92 Å². The molecule has 0 fully saturated rings. The molecule has 2 heterocycles. The van der Waals surface area contributed by atoms with Gasteiger partial charge in [-0.1, -0.05) is 6.07 Å². The Morgan fingerprint density at radius 3 is 2.61 bits per heavy atom. The third-order valence-electron chi connectivity index (χ3n) is 3.18. The number of hydrogen-bond donors (Lipinski definition) is 1. The van der Waals surface area contributed by atoms with Gasteiger partial charge in [-0.3, -0.25) is 14.5 Å². The van der Waals surface area contributed by atoms with E-state index in [1.54, 1.807) is 17.8 Å². The van der Waals surface area contributed by atoms with Crippen LogP contribution in [0.5, 0.6) is 0 Å². The Hall–Kier alpha value is -1.90. The standard InChI is InChI=1S/C14H14BrF3N4O/c1-3-22-7-10(15)12(21-22)13(23)20-8(2)9-4-5-11(19-6-9)14(16,17)18/h4-8H,3H2,1-2H3,(H,20,23)/t8-/m1/s1. The zero-order valence-electron chi connectivity index (χ0n) is 12.4. The molecule has 0 aliphatic carbocycles.